The molecule has 6 nitrogen and oxygen atoms in total. The first-order valence-corrected chi connectivity index (χ1v) is 9.78. The molecule has 0 saturated heterocycles. The predicted molar refractivity (Wildman–Crippen MR) is 113 cm³/mol. The Morgan fingerprint density at radius 1 is 0.960 bits per heavy atom. The molecule has 0 fully saturated rings. The quantitative estimate of drug-likeness (QED) is 0.504. The van der Waals surface area contributed by atoms with Gasteiger partial charge in [0, 0.05) is 41.5 Å². The molecule has 0 radical (unpaired) electrons. The van der Waals surface area contributed by atoms with E-state index < -0.39 is 0 Å². The molecule has 0 aliphatic rings. The van der Waals surface area contributed by atoms with Crippen LogP contribution in [0.4, 0.5) is 5.82 Å². The standard InChI is InChI=1S/C8H11BrN2O.C5H3Br2N.C3H9NO/c1-11(4-5-12)8-3-2-7(9)6-10-8;6-4-1-2-5(7)8-3-4;1-4-2-3-5/h2-3,6,12H,4-5H2,1H3;1-3H;4-5H,2-3H2,1H3. The van der Waals surface area contributed by atoms with Crippen molar-refractivity contribution in [1.82, 2.24) is 15.3 Å². The third-order valence-corrected chi connectivity index (χ3v) is 4.00. The lowest BCUT2D eigenvalue weighted by Crippen LogP contribution is -2.21. The Kier molecular flexibility index (Phi) is 15.3. The van der Waals surface area contributed by atoms with E-state index in [9.17, 15) is 0 Å². The Bertz CT molecular complexity index is 533. The number of anilines is 1. The van der Waals surface area contributed by atoms with Gasteiger partial charge in [-0.25, -0.2) is 9.97 Å². The molecule has 0 atom stereocenters. The molecular formula is C16H23Br3N4O2. The van der Waals surface area contributed by atoms with Gasteiger partial charge in [0.15, 0.2) is 0 Å². The van der Waals surface area contributed by atoms with Gasteiger partial charge >= 0.3 is 0 Å². The van der Waals surface area contributed by atoms with E-state index in [2.05, 4.69) is 63.1 Å². The van der Waals surface area contributed by atoms with Gasteiger partial charge < -0.3 is 20.4 Å². The van der Waals surface area contributed by atoms with Gasteiger partial charge in [-0.15, -0.1) is 0 Å². The normalized spacial score (nSPS) is 9.40. The molecule has 2 rings (SSSR count). The Hall–Kier alpha value is -0.580. The third-order valence-electron chi connectivity index (χ3n) is 2.59. The highest BCUT2D eigenvalue weighted by Gasteiger charge is 1.99. The van der Waals surface area contributed by atoms with Crippen LogP contribution >= 0.6 is 47.8 Å². The minimum absolute atomic E-state index is 0.147. The van der Waals surface area contributed by atoms with Crippen molar-refractivity contribution in [2.75, 3.05) is 45.3 Å². The van der Waals surface area contributed by atoms with E-state index in [0.717, 1.165) is 19.4 Å². The molecule has 2 aromatic heterocycles. The smallest absolute Gasteiger partial charge is 0.128 e. The monoisotopic (exact) mass is 540 g/mol. The fourth-order valence-corrected chi connectivity index (χ4v) is 2.03. The summed E-state index contributed by atoms with van der Waals surface area (Å²) in [6.45, 7) is 1.68. The second-order valence-corrected chi connectivity index (χ2v) is 7.25. The van der Waals surface area contributed by atoms with Crippen LogP contribution in [0.5, 0.6) is 0 Å². The van der Waals surface area contributed by atoms with Gasteiger partial charge in [0.25, 0.3) is 0 Å². The average Bonchev–Trinajstić information content (AvgIpc) is 2.60. The lowest BCUT2D eigenvalue weighted by atomic mass is 10.4. The van der Waals surface area contributed by atoms with E-state index >= 15 is 0 Å². The summed E-state index contributed by atoms with van der Waals surface area (Å²) in [6, 6.07) is 7.64. The van der Waals surface area contributed by atoms with E-state index in [-0.39, 0.29) is 13.2 Å². The highest BCUT2D eigenvalue weighted by molar-refractivity contribution is 9.11. The van der Waals surface area contributed by atoms with Crippen LogP contribution in [-0.2, 0) is 0 Å². The van der Waals surface area contributed by atoms with Crippen molar-refractivity contribution >= 4 is 53.6 Å². The maximum Gasteiger partial charge on any atom is 0.128 e. The second-order valence-electron chi connectivity index (χ2n) is 4.61. The summed E-state index contributed by atoms with van der Waals surface area (Å²) in [5.74, 6) is 0.868. The van der Waals surface area contributed by atoms with Crippen molar-refractivity contribution in [3.63, 3.8) is 0 Å². The molecule has 2 heterocycles. The highest BCUT2D eigenvalue weighted by atomic mass is 79.9. The summed E-state index contributed by atoms with van der Waals surface area (Å²) in [7, 11) is 3.70. The lowest BCUT2D eigenvalue weighted by molar-refractivity contribution is 0.296. The van der Waals surface area contributed by atoms with Gasteiger partial charge in [-0.3, -0.25) is 0 Å². The van der Waals surface area contributed by atoms with Crippen molar-refractivity contribution < 1.29 is 10.2 Å². The van der Waals surface area contributed by atoms with Gasteiger partial charge in [0.05, 0.1) is 13.2 Å². The van der Waals surface area contributed by atoms with Crippen molar-refractivity contribution in [2.24, 2.45) is 0 Å². The molecule has 9 heteroatoms. The topological polar surface area (TPSA) is 81.5 Å². The third kappa shape index (κ3) is 13.3. The van der Waals surface area contributed by atoms with Crippen LogP contribution in [0.25, 0.3) is 0 Å². The fourth-order valence-electron chi connectivity index (χ4n) is 1.33. The Morgan fingerprint density at radius 3 is 1.88 bits per heavy atom. The number of nitrogens with one attached hydrogen (secondary N) is 1. The first-order chi connectivity index (χ1) is 11.9. The Balaban J connectivity index is 0.000000382. The van der Waals surface area contributed by atoms with Crippen LogP contribution in [0.15, 0.2) is 50.2 Å². The number of aromatic nitrogens is 2. The van der Waals surface area contributed by atoms with Crippen LogP contribution in [0.1, 0.15) is 0 Å². The largest absolute Gasteiger partial charge is 0.395 e. The molecular weight excluding hydrogens is 520 g/mol. The summed E-state index contributed by atoms with van der Waals surface area (Å²) < 4.78 is 2.82. The number of aliphatic hydroxyl groups is 2. The molecule has 0 unspecified atom stereocenters. The summed E-state index contributed by atoms with van der Waals surface area (Å²) in [4.78, 5) is 10.0. The molecule has 0 aromatic carbocycles. The molecule has 25 heavy (non-hydrogen) atoms. The summed E-state index contributed by atoms with van der Waals surface area (Å²) in [5.41, 5.74) is 0. The van der Waals surface area contributed by atoms with E-state index in [0.29, 0.717) is 13.1 Å². The number of aliphatic hydroxyl groups excluding tert-OH is 2. The predicted octanol–water partition coefficient (Wildman–Crippen LogP) is 3.08. The van der Waals surface area contributed by atoms with E-state index in [1.54, 1.807) is 19.4 Å². The number of likely N-dealkylation sites (N-methyl/N-ethyl adjacent to an activating group) is 2. The van der Waals surface area contributed by atoms with Crippen LogP contribution in [0.2, 0.25) is 0 Å². The number of hydrogen-bond donors (Lipinski definition) is 3. The summed E-state index contributed by atoms with van der Waals surface area (Å²) in [5, 5.41) is 19.4. The molecule has 0 aliphatic heterocycles. The average molecular weight is 543 g/mol. The molecule has 140 valence electrons. The van der Waals surface area contributed by atoms with Gasteiger partial charge in [0.2, 0.25) is 0 Å². The maximum atomic E-state index is 8.67. The first kappa shape index (κ1) is 24.4. The van der Waals surface area contributed by atoms with Gasteiger partial charge in [-0.2, -0.15) is 0 Å². The zero-order valence-corrected chi connectivity index (χ0v) is 18.9. The van der Waals surface area contributed by atoms with E-state index in [1.807, 2.05) is 36.2 Å². The minimum atomic E-state index is 0.147. The summed E-state index contributed by atoms with van der Waals surface area (Å²) >= 11 is 9.78. The second kappa shape index (κ2) is 15.7. The molecule has 2 aromatic rings. The maximum absolute atomic E-state index is 8.67. The molecule has 3 N–H and O–H groups in total. The fraction of sp³-hybridized carbons (Fsp3) is 0.375. The lowest BCUT2D eigenvalue weighted by Gasteiger charge is -2.15. The van der Waals surface area contributed by atoms with Crippen molar-refractivity contribution in [3.05, 3.63) is 50.2 Å². The van der Waals surface area contributed by atoms with Gasteiger partial charge in [-0.1, -0.05) is 0 Å². The molecule has 0 bridgehead atoms. The number of hydrogen-bond acceptors (Lipinski definition) is 6. The van der Waals surface area contributed by atoms with Gasteiger partial charge in [0.1, 0.15) is 10.4 Å². The van der Waals surface area contributed by atoms with Crippen LogP contribution in [0, 0.1) is 0 Å². The van der Waals surface area contributed by atoms with Crippen LogP contribution < -0.4 is 10.2 Å². The minimum Gasteiger partial charge on any atom is -0.395 e. The van der Waals surface area contributed by atoms with Crippen LogP contribution in [-0.4, -0.2) is 60.6 Å². The first-order valence-electron chi connectivity index (χ1n) is 7.40. The van der Waals surface area contributed by atoms with E-state index in [4.69, 9.17) is 10.2 Å². The van der Waals surface area contributed by atoms with Crippen molar-refractivity contribution in [2.45, 2.75) is 0 Å². The number of nitrogens with zero attached hydrogens (tertiary/aromatic N) is 3. The zero-order valence-electron chi connectivity index (χ0n) is 14.2. The van der Waals surface area contributed by atoms with Gasteiger partial charge in [-0.05, 0) is 79.1 Å². The number of pyridine rings is 2. The molecule has 0 spiro atoms. The SMILES string of the molecule is Brc1ccc(Br)nc1.CN(CCO)c1ccc(Br)cn1.CNCCO. The zero-order chi connectivity index (χ0) is 19.1. The van der Waals surface area contributed by atoms with E-state index in [1.165, 1.54) is 0 Å². The molecule has 0 aliphatic carbocycles. The Morgan fingerprint density at radius 2 is 1.56 bits per heavy atom. The number of rotatable bonds is 5. The molecule has 0 saturated carbocycles. The summed E-state index contributed by atoms with van der Waals surface area (Å²) in [6.07, 6.45) is 3.48. The van der Waals surface area contributed by atoms with Crippen LogP contribution in [0.3, 0.4) is 0 Å². The highest BCUT2D eigenvalue weighted by Crippen LogP contribution is 2.13. The molecule has 0 amide bonds. The number of halogens is 3. The van der Waals surface area contributed by atoms with Crippen molar-refractivity contribution in [3.8, 4) is 0 Å². The van der Waals surface area contributed by atoms with Crippen molar-refractivity contribution in [1.29, 1.82) is 0 Å². The Labute approximate surface area is 174 Å².